The Hall–Kier alpha value is -0.540. The summed E-state index contributed by atoms with van der Waals surface area (Å²) in [7, 11) is 5.97. The summed E-state index contributed by atoms with van der Waals surface area (Å²) in [6, 6.07) is 0. The topological polar surface area (TPSA) is 40.5 Å². The summed E-state index contributed by atoms with van der Waals surface area (Å²) in [5.74, 6) is 0.0472. The van der Waals surface area contributed by atoms with Crippen LogP contribution in [0.15, 0.2) is 12.3 Å². The highest BCUT2D eigenvalue weighted by atomic mass is 16.3. The van der Waals surface area contributed by atoms with Gasteiger partial charge in [0.25, 0.3) is 0 Å². The second kappa shape index (κ2) is 3.74. The quantitative estimate of drug-likeness (QED) is 0.465. The molecule has 66 valence electrons. The van der Waals surface area contributed by atoms with E-state index in [4.69, 9.17) is 5.11 Å². The lowest BCUT2D eigenvalue weighted by molar-refractivity contribution is -0.873. The first-order valence-electron chi connectivity index (χ1n) is 3.66. The van der Waals surface area contributed by atoms with Crippen LogP contribution in [-0.4, -0.2) is 48.5 Å². The molecule has 0 aliphatic heterocycles. The van der Waals surface area contributed by atoms with Crippen LogP contribution in [0.25, 0.3) is 0 Å². The average molecular weight is 160 g/mol. The van der Waals surface area contributed by atoms with Gasteiger partial charge in [-0.2, -0.15) is 0 Å². The van der Waals surface area contributed by atoms with E-state index in [-0.39, 0.29) is 12.2 Å². The van der Waals surface area contributed by atoms with Crippen LogP contribution in [0, 0.1) is 0 Å². The monoisotopic (exact) mass is 160 g/mol. The maximum absolute atomic E-state index is 9.32. The van der Waals surface area contributed by atoms with Crippen molar-refractivity contribution in [3.8, 4) is 0 Å². The average Bonchev–Trinajstić information content (AvgIpc) is 1.53. The minimum atomic E-state index is -0.493. The number of hydrogen-bond donors (Lipinski definition) is 2. The van der Waals surface area contributed by atoms with Crippen molar-refractivity contribution >= 4 is 0 Å². The van der Waals surface area contributed by atoms with E-state index in [9.17, 15) is 5.11 Å². The molecule has 0 heterocycles. The Balaban J connectivity index is 3.69. The number of aliphatic hydroxyl groups excluding tert-OH is 2. The summed E-state index contributed by atoms with van der Waals surface area (Å²) in [4.78, 5) is 0. The fourth-order valence-corrected chi connectivity index (χ4v) is 0.969. The number of nitrogens with zero attached hydrogens (tertiary/aromatic N) is 1. The van der Waals surface area contributed by atoms with Crippen molar-refractivity contribution in [1.82, 2.24) is 0 Å². The van der Waals surface area contributed by atoms with Gasteiger partial charge in [0.2, 0.25) is 0 Å². The van der Waals surface area contributed by atoms with Crippen molar-refractivity contribution < 1.29 is 14.7 Å². The zero-order chi connectivity index (χ0) is 9.07. The Labute approximate surface area is 68.2 Å². The zero-order valence-corrected chi connectivity index (χ0v) is 7.54. The van der Waals surface area contributed by atoms with Crippen molar-refractivity contribution in [2.24, 2.45) is 0 Å². The molecule has 0 aromatic carbocycles. The Morgan fingerprint density at radius 2 is 1.91 bits per heavy atom. The first-order valence-corrected chi connectivity index (χ1v) is 3.66. The first kappa shape index (κ1) is 10.5. The molecular weight excluding hydrogens is 142 g/mol. The highest BCUT2D eigenvalue weighted by Crippen LogP contribution is 2.03. The van der Waals surface area contributed by atoms with E-state index in [1.807, 2.05) is 21.1 Å². The van der Waals surface area contributed by atoms with Gasteiger partial charge >= 0.3 is 0 Å². The summed E-state index contributed by atoms with van der Waals surface area (Å²) in [6.07, 6.45) is -0.220. The van der Waals surface area contributed by atoms with Crippen molar-refractivity contribution in [1.29, 1.82) is 0 Å². The number of quaternary nitrogens is 1. The molecule has 0 radical (unpaired) electrons. The number of rotatable bonds is 4. The van der Waals surface area contributed by atoms with Gasteiger partial charge in [0.15, 0.2) is 0 Å². The van der Waals surface area contributed by atoms with Gasteiger partial charge in [-0.25, -0.2) is 0 Å². The molecule has 1 unspecified atom stereocenters. The molecule has 0 fully saturated rings. The van der Waals surface area contributed by atoms with Crippen LogP contribution < -0.4 is 0 Å². The molecule has 0 amide bonds. The van der Waals surface area contributed by atoms with Gasteiger partial charge in [0.05, 0.1) is 26.9 Å². The fourth-order valence-electron chi connectivity index (χ4n) is 0.969. The van der Waals surface area contributed by atoms with Crippen molar-refractivity contribution in [3.05, 3.63) is 12.3 Å². The highest BCUT2D eigenvalue weighted by molar-refractivity contribution is 4.81. The molecule has 0 spiro atoms. The molecule has 0 saturated carbocycles. The SMILES string of the molecule is C=C(O)CC(O)C[N+](C)(C)C. The van der Waals surface area contributed by atoms with Gasteiger partial charge in [-0.15, -0.1) is 0 Å². The van der Waals surface area contributed by atoms with Crippen LogP contribution in [-0.2, 0) is 0 Å². The second-order valence-corrected chi connectivity index (χ2v) is 3.90. The van der Waals surface area contributed by atoms with Gasteiger partial charge in [0, 0.05) is 6.42 Å². The standard InChI is InChI=1S/C8H17NO2/c1-7(10)5-8(11)6-9(2,3)4/h8,11H,1,5-6H2,2-4H3/p+1. The Bertz CT molecular complexity index is 138. The van der Waals surface area contributed by atoms with Crippen LogP contribution in [0.5, 0.6) is 0 Å². The molecule has 1 atom stereocenters. The Kier molecular flexibility index (Phi) is 3.55. The summed E-state index contributed by atoms with van der Waals surface area (Å²) >= 11 is 0. The van der Waals surface area contributed by atoms with E-state index in [0.29, 0.717) is 11.0 Å². The van der Waals surface area contributed by atoms with Crippen LogP contribution in [0.2, 0.25) is 0 Å². The van der Waals surface area contributed by atoms with Gasteiger partial charge in [0.1, 0.15) is 12.6 Å². The molecule has 0 aliphatic carbocycles. The summed E-state index contributed by atoms with van der Waals surface area (Å²) in [5.41, 5.74) is 0. The van der Waals surface area contributed by atoms with Crippen molar-refractivity contribution in [2.75, 3.05) is 27.7 Å². The number of hydrogen-bond acceptors (Lipinski definition) is 2. The molecule has 0 aromatic heterocycles. The zero-order valence-electron chi connectivity index (χ0n) is 7.54. The van der Waals surface area contributed by atoms with Crippen LogP contribution in [0.1, 0.15) is 6.42 Å². The van der Waals surface area contributed by atoms with E-state index < -0.39 is 6.10 Å². The molecule has 11 heavy (non-hydrogen) atoms. The largest absolute Gasteiger partial charge is 0.513 e. The van der Waals surface area contributed by atoms with E-state index in [2.05, 4.69) is 6.58 Å². The van der Waals surface area contributed by atoms with Crippen LogP contribution in [0.4, 0.5) is 0 Å². The fraction of sp³-hybridized carbons (Fsp3) is 0.750. The molecule has 3 nitrogen and oxygen atoms in total. The molecule has 0 saturated heterocycles. The summed E-state index contributed by atoms with van der Waals surface area (Å²) < 4.78 is 0.689. The molecule has 0 bridgehead atoms. The second-order valence-electron chi connectivity index (χ2n) is 3.90. The molecule has 3 heteroatoms. The predicted molar refractivity (Wildman–Crippen MR) is 45.3 cm³/mol. The van der Waals surface area contributed by atoms with Gasteiger partial charge in [-0.05, 0) is 0 Å². The van der Waals surface area contributed by atoms with E-state index >= 15 is 0 Å². The molecule has 0 rings (SSSR count). The third kappa shape index (κ3) is 7.36. The van der Waals surface area contributed by atoms with Crippen LogP contribution >= 0.6 is 0 Å². The minimum Gasteiger partial charge on any atom is -0.513 e. The minimum absolute atomic E-state index is 0.0472. The van der Waals surface area contributed by atoms with Gasteiger partial charge < -0.3 is 14.7 Å². The molecule has 2 N–H and O–H groups in total. The number of likely N-dealkylation sites (N-methyl/N-ethyl adjacent to an activating group) is 1. The maximum Gasteiger partial charge on any atom is 0.110 e. The third-order valence-electron chi connectivity index (χ3n) is 1.23. The van der Waals surface area contributed by atoms with E-state index in [1.54, 1.807) is 0 Å². The molecule has 0 aromatic rings. The van der Waals surface area contributed by atoms with Gasteiger partial charge in [-0.3, -0.25) is 0 Å². The van der Waals surface area contributed by atoms with Crippen LogP contribution in [0.3, 0.4) is 0 Å². The Morgan fingerprint density at radius 3 is 2.18 bits per heavy atom. The summed E-state index contributed by atoms with van der Waals surface area (Å²) in [5, 5.41) is 18.1. The first-order chi connectivity index (χ1) is 4.81. The van der Waals surface area contributed by atoms with E-state index in [0.717, 1.165) is 0 Å². The lowest BCUT2D eigenvalue weighted by atomic mass is 10.2. The maximum atomic E-state index is 9.32. The lowest BCUT2D eigenvalue weighted by Crippen LogP contribution is -2.41. The highest BCUT2D eigenvalue weighted by Gasteiger charge is 2.15. The van der Waals surface area contributed by atoms with E-state index in [1.165, 1.54) is 0 Å². The lowest BCUT2D eigenvalue weighted by Gasteiger charge is -2.26. The number of aliphatic hydroxyl groups is 2. The summed E-state index contributed by atoms with van der Waals surface area (Å²) in [6.45, 7) is 3.94. The molecular formula is C8H18NO2+. The van der Waals surface area contributed by atoms with Gasteiger partial charge in [-0.1, -0.05) is 6.58 Å². The Morgan fingerprint density at radius 1 is 1.45 bits per heavy atom. The predicted octanol–water partition coefficient (Wildman–Crippen LogP) is 0.515. The van der Waals surface area contributed by atoms with Crippen molar-refractivity contribution in [2.45, 2.75) is 12.5 Å². The molecule has 0 aliphatic rings. The third-order valence-corrected chi connectivity index (χ3v) is 1.23. The van der Waals surface area contributed by atoms with Crippen molar-refractivity contribution in [3.63, 3.8) is 0 Å². The normalized spacial score (nSPS) is 14.5. The smallest absolute Gasteiger partial charge is 0.110 e.